The number of aliphatic hydroxyl groups is 2. The van der Waals surface area contributed by atoms with E-state index in [-0.39, 0.29) is 116 Å². The van der Waals surface area contributed by atoms with Crippen molar-refractivity contribution in [3.05, 3.63) is 71.8 Å². The molecule has 14 atom stereocenters. The Labute approximate surface area is 602 Å². The van der Waals surface area contributed by atoms with E-state index >= 15 is 0 Å². The van der Waals surface area contributed by atoms with Crippen LogP contribution in [0.25, 0.3) is 0 Å². The molecule has 1 aliphatic rings. The molecule has 34 nitrogen and oxygen atoms in total. The first kappa shape index (κ1) is 88.4. The number of nitrogens with two attached hydrogens (primary N) is 6. The van der Waals surface area contributed by atoms with Gasteiger partial charge in [0.05, 0.1) is 24.2 Å². The molecule has 2 aromatic rings. The molecule has 1 fully saturated rings. The van der Waals surface area contributed by atoms with Gasteiger partial charge in [-0.05, 0) is 134 Å². The van der Waals surface area contributed by atoms with Crippen LogP contribution in [0.4, 0.5) is 0 Å². The Hall–Kier alpha value is -8.77. The van der Waals surface area contributed by atoms with E-state index in [0.717, 1.165) is 18.9 Å². The molecule has 2 aromatic carbocycles. The third kappa shape index (κ3) is 32.6. The van der Waals surface area contributed by atoms with Crippen LogP contribution in [0.3, 0.4) is 0 Å². The molecule has 0 radical (unpaired) electrons. The van der Waals surface area contributed by atoms with Crippen molar-refractivity contribution < 1.29 is 77.3 Å². The average molecular weight is 1450 g/mol. The third-order valence-corrected chi connectivity index (χ3v) is 16.9. The first-order chi connectivity index (χ1) is 49.0. The van der Waals surface area contributed by atoms with E-state index < -0.39 is 174 Å². The molecule has 34 heteroatoms. The van der Waals surface area contributed by atoms with E-state index in [9.17, 15) is 72.5 Å². The SMILES string of the molecule is CC(C)CCCCC(=O)N[C@@H](CCNC(=O)[C@@H](N)C[C@H](CCN)C(=O)OCc1ccccc1)C(=O)N[C@H](C(=O)N[C@@H](CCN)C(=O)N[C@H]1CCNC(=O)[C@H]([C@@H](C)O)NC(=O)[C@@H](CCN)NC(=O)[C@H](CCN)NC(=O)[C@H](CC(C)C)NC(=O)[C@@H](Cc2ccccc2)NC(=O)[C@H](CCN)NC1=O)[C@@H](C)O. The number of unbranched alkanes of at least 4 members (excludes halogenated alkanes) is 1. The van der Waals surface area contributed by atoms with Crippen molar-refractivity contribution in [3.8, 4) is 0 Å². The fourth-order valence-electron chi connectivity index (χ4n) is 11.1. The van der Waals surface area contributed by atoms with Crippen molar-refractivity contribution in [1.82, 2.24) is 63.8 Å². The van der Waals surface area contributed by atoms with Gasteiger partial charge in [-0.1, -0.05) is 101 Å². The van der Waals surface area contributed by atoms with Crippen LogP contribution in [0.15, 0.2) is 60.7 Å². The zero-order chi connectivity index (χ0) is 76.7. The Morgan fingerprint density at radius 3 is 1.58 bits per heavy atom. The number of benzene rings is 2. The highest BCUT2D eigenvalue weighted by atomic mass is 16.5. The summed E-state index contributed by atoms with van der Waals surface area (Å²) in [6, 6.07) is 0.606. The molecule has 0 spiro atoms. The maximum absolute atomic E-state index is 14.7. The predicted molar refractivity (Wildman–Crippen MR) is 382 cm³/mol. The van der Waals surface area contributed by atoms with Crippen LogP contribution in [-0.2, 0) is 80.1 Å². The maximum Gasteiger partial charge on any atom is 0.309 e. The second kappa shape index (κ2) is 47.5. The van der Waals surface area contributed by atoms with Crippen molar-refractivity contribution in [2.24, 2.45) is 52.2 Å². The number of carbonyl (C=O) groups is 13. The van der Waals surface area contributed by atoms with Gasteiger partial charge in [0.15, 0.2) is 0 Å². The highest BCUT2D eigenvalue weighted by Crippen LogP contribution is 2.16. The van der Waals surface area contributed by atoms with Crippen LogP contribution >= 0.6 is 0 Å². The summed E-state index contributed by atoms with van der Waals surface area (Å²) in [5, 5.41) is 52.7. The molecule has 0 aromatic heterocycles. The molecule has 103 heavy (non-hydrogen) atoms. The Morgan fingerprint density at radius 1 is 0.534 bits per heavy atom. The molecule has 1 heterocycles. The summed E-state index contributed by atoms with van der Waals surface area (Å²) in [4.78, 5) is 183. The van der Waals surface area contributed by atoms with Gasteiger partial charge in [-0.15, -0.1) is 0 Å². The van der Waals surface area contributed by atoms with Gasteiger partial charge in [-0.25, -0.2) is 0 Å². The molecule has 1 aliphatic heterocycles. The summed E-state index contributed by atoms with van der Waals surface area (Å²) in [6.45, 7) is 8.41. The van der Waals surface area contributed by atoms with Crippen LogP contribution in [0.2, 0.25) is 0 Å². The number of carbonyl (C=O) groups excluding carboxylic acids is 13. The number of amides is 12. The van der Waals surface area contributed by atoms with Crippen molar-refractivity contribution in [2.75, 3.05) is 45.8 Å². The van der Waals surface area contributed by atoms with Gasteiger partial charge < -0.3 is 113 Å². The summed E-state index contributed by atoms with van der Waals surface area (Å²) < 4.78 is 5.49. The lowest BCUT2D eigenvalue weighted by Crippen LogP contribution is -2.62. The molecule has 1 saturated heterocycles. The molecular weight excluding hydrogens is 1340 g/mol. The normalized spacial score (nSPS) is 21.2. The Bertz CT molecular complexity index is 3040. The molecule has 0 bridgehead atoms. The van der Waals surface area contributed by atoms with E-state index in [2.05, 4.69) is 63.8 Å². The molecule has 576 valence electrons. The lowest BCUT2D eigenvalue weighted by molar-refractivity contribution is -0.150. The highest BCUT2D eigenvalue weighted by molar-refractivity contribution is 5.99. The van der Waals surface area contributed by atoms with Crippen molar-refractivity contribution in [3.63, 3.8) is 0 Å². The topological polar surface area (TPSA) is 572 Å². The number of ether oxygens (including phenoxy) is 1. The number of hydrogen-bond acceptors (Lipinski definition) is 22. The fraction of sp³-hybridized carbons (Fsp3) is 0.638. The lowest BCUT2D eigenvalue weighted by atomic mass is 9.96. The Morgan fingerprint density at radius 2 is 1.05 bits per heavy atom. The standard InChI is InChI=1S/C69H114N18O16/c1-39(2)15-13-14-20-55(90)78-51(26-33-76-58(91)46(75)37-45(21-28-70)69(102)103-38-44-18-11-8-12-19-44)64(97)87-57(42(6)89)68(101)83-49(24-31-73)60(93)82-52-27-34-77-67(100)56(41(5)88)86-63(96)50(25-32-74)80-59(92)47(22-29-71)81-65(98)53(35-40(3)4)84-66(99)54(36-43-16-9-7-10-17-43)85-61(94)48(23-30-72)79-62(52)95/h7-12,16-19,39-42,45-54,56-57,88-89H,13-15,20-38,70-75H2,1-6H3,(H,76,91)(H,77,100)(H,78,90)(H,79,95)(H,80,92)(H,81,98)(H,82,93)(H,83,101)(H,84,99)(H,85,94)(H,86,96)(H,87,97)/t41-,42-,45+,46+,47+,48+,49+,50-,51+,52+,53+,54-,56+,57+/m1/s1. The zero-order valence-electron chi connectivity index (χ0n) is 60.1. The molecule has 26 N–H and O–H groups in total. The second-order valence-corrected chi connectivity index (χ2v) is 26.6. The maximum atomic E-state index is 14.7. The number of aliphatic hydroxyl groups excluding tert-OH is 2. The van der Waals surface area contributed by atoms with Crippen LogP contribution in [0.5, 0.6) is 0 Å². The summed E-state index contributed by atoms with van der Waals surface area (Å²) in [7, 11) is 0. The number of nitrogens with one attached hydrogen (secondary N) is 12. The van der Waals surface area contributed by atoms with Gasteiger partial charge in [0.25, 0.3) is 0 Å². The summed E-state index contributed by atoms with van der Waals surface area (Å²) in [5.74, 6) is -12.4. The van der Waals surface area contributed by atoms with Gasteiger partial charge in [0, 0.05) is 25.9 Å². The zero-order valence-corrected chi connectivity index (χ0v) is 60.1. The predicted octanol–water partition coefficient (Wildman–Crippen LogP) is -5.05. The van der Waals surface area contributed by atoms with Crippen molar-refractivity contribution >= 4 is 76.9 Å². The first-order valence-corrected chi connectivity index (χ1v) is 35.4. The van der Waals surface area contributed by atoms with E-state index in [1.54, 1.807) is 68.4 Å². The van der Waals surface area contributed by atoms with E-state index in [0.29, 0.717) is 24.3 Å². The summed E-state index contributed by atoms with van der Waals surface area (Å²) >= 11 is 0. The number of hydrogen-bond donors (Lipinski definition) is 20. The van der Waals surface area contributed by atoms with Gasteiger partial charge in [0.2, 0.25) is 70.9 Å². The number of esters is 1. The monoisotopic (exact) mass is 1450 g/mol. The molecule has 12 amide bonds. The fourth-order valence-corrected chi connectivity index (χ4v) is 11.1. The van der Waals surface area contributed by atoms with Crippen LogP contribution in [0, 0.1) is 17.8 Å². The molecule has 0 unspecified atom stereocenters. The summed E-state index contributed by atoms with van der Waals surface area (Å²) in [6.07, 6.45) is -3.19. The lowest BCUT2D eigenvalue weighted by Gasteiger charge is -2.29. The minimum Gasteiger partial charge on any atom is -0.461 e. The second-order valence-electron chi connectivity index (χ2n) is 26.6. The van der Waals surface area contributed by atoms with Crippen LogP contribution < -0.4 is 98.2 Å². The Kier molecular flexibility index (Phi) is 40.8. The van der Waals surface area contributed by atoms with Crippen LogP contribution in [0.1, 0.15) is 136 Å². The van der Waals surface area contributed by atoms with E-state index in [4.69, 9.17) is 39.1 Å². The quantitative estimate of drug-likeness (QED) is 0.0222. The summed E-state index contributed by atoms with van der Waals surface area (Å²) in [5.41, 5.74) is 37.1. The Balaban J connectivity index is 2.03. The molecule has 3 rings (SSSR count). The van der Waals surface area contributed by atoms with Crippen LogP contribution in [-0.4, -0.2) is 212 Å². The molecule has 0 aliphatic carbocycles. The van der Waals surface area contributed by atoms with E-state index in [1.807, 2.05) is 19.9 Å². The largest absolute Gasteiger partial charge is 0.461 e. The smallest absolute Gasteiger partial charge is 0.309 e. The molecular formula is C69H114N18O16. The average Bonchev–Trinajstić information content (AvgIpc) is 1.15. The van der Waals surface area contributed by atoms with Crippen molar-refractivity contribution in [2.45, 2.75) is 217 Å². The third-order valence-electron chi connectivity index (χ3n) is 16.9. The van der Waals surface area contributed by atoms with Crippen molar-refractivity contribution in [1.29, 1.82) is 0 Å². The van der Waals surface area contributed by atoms with E-state index in [1.165, 1.54) is 6.92 Å². The first-order valence-electron chi connectivity index (χ1n) is 35.4. The minimum absolute atomic E-state index is 0.00376. The molecule has 0 saturated carbocycles. The van der Waals surface area contributed by atoms with Gasteiger partial charge in [0.1, 0.15) is 67.0 Å². The number of rotatable bonds is 37. The van der Waals surface area contributed by atoms with Gasteiger partial charge in [-0.3, -0.25) is 62.3 Å². The van der Waals surface area contributed by atoms with Gasteiger partial charge in [-0.2, -0.15) is 0 Å². The highest BCUT2D eigenvalue weighted by Gasteiger charge is 2.38. The minimum atomic E-state index is -1.85. The van der Waals surface area contributed by atoms with Gasteiger partial charge >= 0.3 is 5.97 Å².